The van der Waals surface area contributed by atoms with Gasteiger partial charge in [-0.1, -0.05) is 13.8 Å². The summed E-state index contributed by atoms with van der Waals surface area (Å²) in [6.45, 7) is 4.32. The highest BCUT2D eigenvalue weighted by molar-refractivity contribution is 5.77. The van der Waals surface area contributed by atoms with Gasteiger partial charge in [-0.15, -0.1) is 0 Å². The van der Waals surface area contributed by atoms with Crippen molar-refractivity contribution in [1.82, 2.24) is 5.32 Å². The predicted molar refractivity (Wildman–Crippen MR) is 70.3 cm³/mol. The topological polar surface area (TPSA) is 58.6 Å². The fourth-order valence-electron chi connectivity index (χ4n) is 1.50. The van der Waals surface area contributed by atoms with Crippen LogP contribution in [0.2, 0.25) is 0 Å². The number of carbonyl (C=O) groups excluding carboxylic acids is 1. The minimum atomic E-state index is -0.498. The molecule has 0 saturated carbocycles. The molecule has 0 unspecified atom stereocenters. The fourth-order valence-corrected chi connectivity index (χ4v) is 1.50. The predicted octanol–water partition coefficient (Wildman–Crippen LogP) is 1.86. The largest absolute Gasteiger partial charge is 0.484 e. The van der Waals surface area contributed by atoms with Gasteiger partial charge in [-0.3, -0.25) is 4.79 Å². The SMILES string of the molecule is CC(C)CCNC(=O)COc1cc(F)cc(CO)c1. The first kappa shape index (κ1) is 15.4. The number of ether oxygens (including phenoxy) is 1. The molecule has 4 nitrogen and oxygen atoms in total. The second-order valence-corrected chi connectivity index (χ2v) is 4.77. The molecular weight excluding hydrogens is 249 g/mol. The van der Waals surface area contributed by atoms with E-state index in [1.807, 2.05) is 0 Å². The van der Waals surface area contributed by atoms with Crippen molar-refractivity contribution < 1.29 is 19.0 Å². The van der Waals surface area contributed by atoms with Gasteiger partial charge in [-0.25, -0.2) is 4.39 Å². The van der Waals surface area contributed by atoms with Crippen LogP contribution in [0.25, 0.3) is 0 Å². The van der Waals surface area contributed by atoms with Crippen molar-refractivity contribution in [2.45, 2.75) is 26.9 Å². The van der Waals surface area contributed by atoms with E-state index in [0.29, 0.717) is 18.0 Å². The van der Waals surface area contributed by atoms with Crippen molar-refractivity contribution in [2.75, 3.05) is 13.2 Å². The lowest BCUT2D eigenvalue weighted by atomic mass is 10.1. The first-order valence-electron chi connectivity index (χ1n) is 6.31. The summed E-state index contributed by atoms with van der Waals surface area (Å²) in [5.74, 6) is 0.0248. The molecule has 0 atom stereocenters. The van der Waals surface area contributed by atoms with Crippen molar-refractivity contribution in [3.05, 3.63) is 29.6 Å². The van der Waals surface area contributed by atoms with Crippen molar-refractivity contribution >= 4 is 5.91 Å². The molecule has 0 heterocycles. The summed E-state index contributed by atoms with van der Waals surface area (Å²) in [6, 6.07) is 3.90. The molecule has 0 bridgehead atoms. The Bertz CT molecular complexity index is 421. The molecule has 2 N–H and O–H groups in total. The normalized spacial score (nSPS) is 10.6. The van der Waals surface area contributed by atoms with E-state index in [9.17, 15) is 9.18 Å². The number of rotatable bonds is 7. The number of aliphatic hydroxyl groups excluding tert-OH is 1. The van der Waals surface area contributed by atoms with Crippen molar-refractivity contribution in [2.24, 2.45) is 5.92 Å². The van der Waals surface area contributed by atoms with E-state index in [0.717, 1.165) is 6.42 Å². The standard InChI is InChI=1S/C14H20FNO3/c1-10(2)3-4-16-14(18)9-19-13-6-11(8-17)5-12(15)7-13/h5-7,10,17H,3-4,8-9H2,1-2H3,(H,16,18). The maximum atomic E-state index is 13.1. The summed E-state index contributed by atoms with van der Waals surface area (Å²) in [6.07, 6.45) is 0.903. The van der Waals surface area contributed by atoms with E-state index in [-0.39, 0.29) is 24.9 Å². The average Bonchev–Trinajstić information content (AvgIpc) is 2.35. The lowest BCUT2D eigenvalue weighted by molar-refractivity contribution is -0.123. The van der Waals surface area contributed by atoms with Gasteiger partial charge in [0.2, 0.25) is 0 Å². The molecule has 1 amide bonds. The van der Waals surface area contributed by atoms with Crippen molar-refractivity contribution in [1.29, 1.82) is 0 Å². The smallest absolute Gasteiger partial charge is 0.257 e. The van der Waals surface area contributed by atoms with Crippen LogP contribution in [0.15, 0.2) is 18.2 Å². The Morgan fingerprint density at radius 2 is 2.16 bits per heavy atom. The molecule has 106 valence electrons. The zero-order chi connectivity index (χ0) is 14.3. The van der Waals surface area contributed by atoms with Crippen LogP contribution in [0.5, 0.6) is 5.75 Å². The van der Waals surface area contributed by atoms with E-state index in [1.165, 1.54) is 18.2 Å². The Morgan fingerprint density at radius 3 is 2.79 bits per heavy atom. The van der Waals surface area contributed by atoms with Gasteiger partial charge in [0.25, 0.3) is 5.91 Å². The first-order chi connectivity index (χ1) is 9.01. The van der Waals surface area contributed by atoms with E-state index in [2.05, 4.69) is 19.2 Å². The summed E-state index contributed by atoms with van der Waals surface area (Å²) in [7, 11) is 0. The van der Waals surface area contributed by atoms with Gasteiger partial charge in [0, 0.05) is 12.6 Å². The molecule has 1 aromatic rings. The monoisotopic (exact) mass is 269 g/mol. The Labute approximate surface area is 112 Å². The third kappa shape index (κ3) is 6.20. The second-order valence-electron chi connectivity index (χ2n) is 4.77. The molecule has 0 aromatic heterocycles. The number of hydrogen-bond donors (Lipinski definition) is 2. The molecule has 0 aliphatic rings. The molecule has 0 aliphatic carbocycles. The molecular formula is C14H20FNO3. The number of halogens is 1. The average molecular weight is 269 g/mol. The fraction of sp³-hybridized carbons (Fsp3) is 0.500. The summed E-state index contributed by atoms with van der Waals surface area (Å²) >= 11 is 0. The third-order valence-corrected chi connectivity index (χ3v) is 2.53. The van der Waals surface area contributed by atoms with Crippen molar-refractivity contribution in [3.8, 4) is 5.75 Å². The molecule has 0 saturated heterocycles. The maximum absolute atomic E-state index is 13.1. The Hall–Kier alpha value is -1.62. The number of benzene rings is 1. The van der Waals surface area contributed by atoms with Gasteiger partial charge in [0.1, 0.15) is 11.6 Å². The highest BCUT2D eigenvalue weighted by atomic mass is 19.1. The summed E-state index contributed by atoms with van der Waals surface area (Å²) < 4.78 is 18.3. The first-order valence-corrected chi connectivity index (χ1v) is 6.31. The van der Waals surface area contributed by atoms with Crippen molar-refractivity contribution in [3.63, 3.8) is 0 Å². The Morgan fingerprint density at radius 1 is 1.42 bits per heavy atom. The number of amides is 1. The molecule has 5 heteroatoms. The maximum Gasteiger partial charge on any atom is 0.257 e. The molecule has 0 radical (unpaired) electrons. The second kappa shape index (κ2) is 7.74. The van der Waals surface area contributed by atoms with Gasteiger partial charge < -0.3 is 15.2 Å². The van der Waals surface area contributed by atoms with Gasteiger partial charge in [-0.05, 0) is 30.0 Å². The van der Waals surface area contributed by atoms with Crippen LogP contribution in [-0.2, 0) is 11.4 Å². The van der Waals surface area contributed by atoms with Crippen LogP contribution in [-0.4, -0.2) is 24.2 Å². The van der Waals surface area contributed by atoms with Crippen LogP contribution in [0.1, 0.15) is 25.8 Å². The van der Waals surface area contributed by atoms with Gasteiger partial charge >= 0.3 is 0 Å². The lowest BCUT2D eigenvalue weighted by Gasteiger charge is -2.09. The zero-order valence-electron chi connectivity index (χ0n) is 11.3. The third-order valence-electron chi connectivity index (χ3n) is 2.53. The molecule has 19 heavy (non-hydrogen) atoms. The van der Waals surface area contributed by atoms with Gasteiger partial charge in [-0.2, -0.15) is 0 Å². The summed E-state index contributed by atoms with van der Waals surface area (Å²) in [5.41, 5.74) is 0.412. The molecule has 0 aliphatic heterocycles. The van der Waals surface area contributed by atoms with Crippen LogP contribution in [0.3, 0.4) is 0 Å². The lowest BCUT2D eigenvalue weighted by Crippen LogP contribution is -2.30. The minimum Gasteiger partial charge on any atom is -0.484 e. The van der Waals surface area contributed by atoms with E-state index in [1.54, 1.807) is 0 Å². The highest BCUT2D eigenvalue weighted by Gasteiger charge is 2.05. The van der Waals surface area contributed by atoms with E-state index in [4.69, 9.17) is 9.84 Å². The van der Waals surface area contributed by atoms with Gasteiger partial charge in [0.05, 0.1) is 6.61 Å². The van der Waals surface area contributed by atoms with Crippen LogP contribution in [0, 0.1) is 11.7 Å². The van der Waals surface area contributed by atoms with E-state index < -0.39 is 5.82 Å². The van der Waals surface area contributed by atoms with Crippen LogP contribution in [0.4, 0.5) is 4.39 Å². The summed E-state index contributed by atoms with van der Waals surface area (Å²) in [5, 5.41) is 11.7. The minimum absolute atomic E-state index is 0.160. The molecule has 0 fully saturated rings. The van der Waals surface area contributed by atoms with Crippen LogP contribution < -0.4 is 10.1 Å². The molecule has 1 rings (SSSR count). The number of hydrogen-bond acceptors (Lipinski definition) is 3. The van der Waals surface area contributed by atoms with Crippen LogP contribution >= 0.6 is 0 Å². The molecule has 0 spiro atoms. The quantitative estimate of drug-likeness (QED) is 0.794. The highest BCUT2D eigenvalue weighted by Crippen LogP contribution is 2.16. The summed E-state index contributed by atoms with van der Waals surface area (Å²) in [4.78, 5) is 11.5. The zero-order valence-corrected chi connectivity index (χ0v) is 11.3. The van der Waals surface area contributed by atoms with E-state index >= 15 is 0 Å². The number of aliphatic hydroxyl groups is 1. The number of carbonyl (C=O) groups is 1. The molecule has 1 aromatic carbocycles. The number of nitrogens with one attached hydrogen (secondary N) is 1. The van der Waals surface area contributed by atoms with Gasteiger partial charge in [0.15, 0.2) is 6.61 Å². The Balaban J connectivity index is 2.39. The Kier molecular flexibility index (Phi) is 6.29.